The van der Waals surface area contributed by atoms with Gasteiger partial charge in [-0.3, -0.25) is 9.59 Å². The number of carbonyl (C=O) groups is 3. The molecule has 0 aliphatic heterocycles. The molecule has 0 radical (unpaired) electrons. The fourth-order valence-corrected chi connectivity index (χ4v) is 4.84. The maximum Gasteiger partial charge on any atom is 0.407 e. The van der Waals surface area contributed by atoms with Crippen molar-refractivity contribution in [3.8, 4) is 11.1 Å². The average molecular weight is 465 g/mol. The Morgan fingerprint density at radius 3 is 2.03 bits per heavy atom. The predicted octanol–water partition coefficient (Wildman–Crippen LogP) is 4.31. The molecule has 7 heteroatoms. The molecule has 2 aliphatic rings. The quantitative estimate of drug-likeness (QED) is 0.486. The predicted molar refractivity (Wildman–Crippen MR) is 128 cm³/mol. The van der Waals surface area contributed by atoms with E-state index < -0.39 is 22.9 Å². The van der Waals surface area contributed by atoms with Gasteiger partial charge in [-0.05, 0) is 47.9 Å². The van der Waals surface area contributed by atoms with Crippen LogP contribution in [0.4, 0.5) is 4.79 Å². The number of carbonyl (C=O) groups excluding carboxylic acids is 2. The second kappa shape index (κ2) is 9.49. The largest absolute Gasteiger partial charge is 0.481 e. The Morgan fingerprint density at radius 2 is 1.53 bits per heavy atom. The highest BCUT2D eigenvalue weighted by Crippen LogP contribution is 2.46. The summed E-state index contributed by atoms with van der Waals surface area (Å²) in [4.78, 5) is 36.9. The molecule has 0 unspecified atom stereocenters. The summed E-state index contributed by atoms with van der Waals surface area (Å²) in [5.74, 6) is -1.14. The zero-order valence-corrected chi connectivity index (χ0v) is 19.7. The first-order chi connectivity index (χ1) is 16.4. The number of alkyl carbamates (subject to hydrolysis) is 1. The lowest BCUT2D eigenvalue weighted by molar-refractivity contribution is -0.149. The Balaban J connectivity index is 1.31. The summed E-state index contributed by atoms with van der Waals surface area (Å²) in [6, 6.07) is 16.3. The van der Waals surface area contributed by atoms with E-state index in [4.69, 9.17) is 4.74 Å². The van der Waals surface area contributed by atoms with Gasteiger partial charge in [-0.15, -0.1) is 0 Å². The molecule has 2 aliphatic carbocycles. The molecule has 3 N–H and O–H groups in total. The molecular weight excluding hydrogens is 432 g/mol. The molecule has 2 aromatic rings. The first-order valence-corrected chi connectivity index (χ1v) is 12.0. The Labute approximate surface area is 199 Å². The molecule has 1 saturated carbocycles. The molecule has 0 bridgehead atoms. The molecule has 7 nitrogen and oxygen atoms in total. The number of hydrogen-bond acceptors (Lipinski definition) is 4. The summed E-state index contributed by atoms with van der Waals surface area (Å²) >= 11 is 0. The lowest BCUT2D eigenvalue weighted by Crippen LogP contribution is -2.47. The van der Waals surface area contributed by atoms with Gasteiger partial charge < -0.3 is 20.5 Å². The van der Waals surface area contributed by atoms with Crippen LogP contribution in [0.3, 0.4) is 0 Å². The Kier molecular flexibility index (Phi) is 6.64. The lowest BCUT2D eigenvalue weighted by Gasteiger charge is -2.28. The van der Waals surface area contributed by atoms with E-state index in [1.807, 2.05) is 38.1 Å². The van der Waals surface area contributed by atoms with Gasteiger partial charge >= 0.3 is 12.1 Å². The van der Waals surface area contributed by atoms with Crippen LogP contribution in [0.15, 0.2) is 48.5 Å². The maximum atomic E-state index is 12.8. The fourth-order valence-electron chi connectivity index (χ4n) is 4.84. The molecule has 0 heterocycles. The summed E-state index contributed by atoms with van der Waals surface area (Å²) in [6.07, 6.45) is 1.62. The second-order valence-electron chi connectivity index (χ2n) is 9.43. The number of benzene rings is 2. The van der Waals surface area contributed by atoms with Crippen molar-refractivity contribution in [1.82, 2.24) is 10.6 Å². The van der Waals surface area contributed by atoms with Gasteiger partial charge in [0.25, 0.3) is 0 Å². The molecule has 0 spiro atoms. The van der Waals surface area contributed by atoms with E-state index in [1.54, 1.807) is 0 Å². The molecule has 2 aromatic carbocycles. The van der Waals surface area contributed by atoms with Crippen LogP contribution in [-0.2, 0) is 14.3 Å². The van der Waals surface area contributed by atoms with Crippen LogP contribution < -0.4 is 10.6 Å². The van der Waals surface area contributed by atoms with Gasteiger partial charge in [0.2, 0.25) is 5.91 Å². The highest BCUT2D eigenvalue weighted by Gasteiger charge is 2.50. The summed E-state index contributed by atoms with van der Waals surface area (Å²) in [6.45, 7) is 4.10. The molecule has 0 saturated heterocycles. The summed E-state index contributed by atoms with van der Waals surface area (Å²) in [5.41, 5.74) is 2.96. The van der Waals surface area contributed by atoms with Crippen molar-refractivity contribution >= 4 is 18.0 Å². The van der Waals surface area contributed by atoms with Crippen LogP contribution in [0.5, 0.6) is 0 Å². The van der Waals surface area contributed by atoms with Crippen molar-refractivity contribution in [1.29, 1.82) is 0 Å². The number of carboxylic acids is 1. The van der Waals surface area contributed by atoms with Crippen molar-refractivity contribution in [3.05, 3.63) is 59.7 Å². The van der Waals surface area contributed by atoms with E-state index in [9.17, 15) is 19.5 Å². The van der Waals surface area contributed by atoms with Gasteiger partial charge in [-0.25, -0.2) is 4.79 Å². The summed E-state index contributed by atoms with van der Waals surface area (Å²) in [5, 5.41) is 15.1. The van der Waals surface area contributed by atoms with Crippen LogP contribution in [0, 0.1) is 10.8 Å². The van der Waals surface area contributed by atoms with Crippen molar-refractivity contribution in [2.45, 2.75) is 45.4 Å². The van der Waals surface area contributed by atoms with Crippen molar-refractivity contribution in [3.63, 3.8) is 0 Å². The monoisotopic (exact) mass is 464 g/mol. The zero-order valence-electron chi connectivity index (χ0n) is 19.7. The molecular formula is C27H32N2O5. The second-order valence-corrected chi connectivity index (χ2v) is 9.43. The number of hydrogen-bond donors (Lipinski definition) is 3. The van der Waals surface area contributed by atoms with Gasteiger partial charge in [-0.1, -0.05) is 62.4 Å². The molecule has 180 valence electrons. The Morgan fingerprint density at radius 1 is 0.971 bits per heavy atom. The first kappa shape index (κ1) is 23.8. The van der Waals surface area contributed by atoms with E-state index in [-0.39, 0.29) is 31.5 Å². The first-order valence-electron chi connectivity index (χ1n) is 12.0. The zero-order chi connectivity index (χ0) is 24.3. The number of fused-ring (bicyclic) bond motifs is 3. The Hall–Kier alpha value is -3.35. The number of ether oxygens (including phenoxy) is 1. The minimum absolute atomic E-state index is 0.0245. The van der Waals surface area contributed by atoms with Crippen LogP contribution in [0.2, 0.25) is 0 Å². The lowest BCUT2D eigenvalue weighted by atomic mass is 9.82. The van der Waals surface area contributed by atoms with Gasteiger partial charge in [-0.2, -0.15) is 0 Å². The van der Waals surface area contributed by atoms with Crippen LogP contribution in [-0.4, -0.2) is 42.8 Å². The van der Waals surface area contributed by atoms with Gasteiger partial charge in [0.05, 0.1) is 10.8 Å². The number of aliphatic carboxylic acids is 1. The molecule has 0 atom stereocenters. The van der Waals surface area contributed by atoms with E-state index in [2.05, 4.69) is 34.9 Å². The van der Waals surface area contributed by atoms with Gasteiger partial charge in [0.1, 0.15) is 6.61 Å². The molecule has 1 fully saturated rings. The van der Waals surface area contributed by atoms with E-state index in [0.717, 1.165) is 22.3 Å². The van der Waals surface area contributed by atoms with Crippen molar-refractivity contribution in [2.75, 3.05) is 19.7 Å². The molecule has 4 rings (SSSR count). The number of amides is 2. The molecule has 2 amide bonds. The van der Waals surface area contributed by atoms with Crippen molar-refractivity contribution < 1.29 is 24.2 Å². The number of nitrogens with one attached hydrogen (secondary N) is 2. The minimum atomic E-state index is -0.966. The maximum absolute atomic E-state index is 12.8. The Bertz CT molecular complexity index is 1040. The standard InChI is InChI=1S/C27H32N2O5/c1-3-26(4-2,24(31)32)16-28-23(30)27(13-14-27)17-29-25(33)34-15-22-20-11-7-5-9-18(20)19-10-6-8-12-21(19)22/h5-12,22H,3-4,13-17H2,1-2H3,(H,28,30)(H,29,33)(H,31,32). The summed E-state index contributed by atoms with van der Waals surface area (Å²) in [7, 11) is 0. The van der Waals surface area contributed by atoms with Gasteiger partial charge in [0, 0.05) is 19.0 Å². The highest BCUT2D eigenvalue weighted by atomic mass is 16.5. The highest BCUT2D eigenvalue weighted by molar-refractivity contribution is 5.87. The smallest absolute Gasteiger partial charge is 0.407 e. The van der Waals surface area contributed by atoms with Gasteiger partial charge in [0.15, 0.2) is 0 Å². The van der Waals surface area contributed by atoms with E-state index in [1.165, 1.54) is 0 Å². The van der Waals surface area contributed by atoms with Crippen LogP contribution >= 0.6 is 0 Å². The van der Waals surface area contributed by atoms with Crippen LogP contribution in [0.25, 0.3) is 11.1 Å². The third kappa shape index (κ3) is 4.39. The minimum Gasteiger partial charge on any atom is -0.481 e. The van der Waals surface area contributed by atoms with Crippen molar-refractivity contribution in [2.24, 2.45) is 10.8 Å². The molecule has 34 heavy (non-hydrogen) atoms. The van der Waals surface area contributed by atoms with E-state index in [0.29, 0.717) is 25.7 Å². The average Bonchev–Trinajstić information content (AvgIpc) is 3.59. The third-order valence-corrected chi connectivity index (χ3v) is 7.64. The topological polar surface area (TPSA) is 105 Å². The normalized spacial score (nSPS) is 15.7. The van der Waals surface area contributed by atoms with Crippen LogP contribution in [0.1, 0.15) is 56.6 Å². The third-order valence-electron chi connectivity index (χ3n) is 7.64. The number of rotatable bonds is 10. The fraction of sp³-hybridized carbons (Fsp3) is 0.444. The SMILES string of the molecule is CCC(CC)(CNC(=O)C1(CNC(=O)OCC2c3ccccc3-c3ccccc32)CC1)C(=O)O. The van der Waals surface area contributed by atoms with E-state index >= 15 is 0 Å². The summed E-state index contributed by atoms with van der Waals surface area (Å²) < 4.78 is 5.56. The number of carboxylic acid groups (broad SMARTS) is 1. The molecule has 0 aromatic heterocycles.